The fourth-order valence-corrected chi connectivity index (χ4v) is 3.14. The van der Waals surface area contributed by atoms with Crippen molar-refractivity contribution in [3.05, 3.63) is 53.9 Å². The average molecular weight is 307 g/mol. The molecule has 2 aromatic heterocycles. The summed E-state index contributed by atoms with van der Waals surface area (Å²) >= 11 is 0. The first-order chi connectivity index (χ1) is 11.3. The van der Waals surface area contributed by atoms with Crippen LogP contribution in [0.15, 0.2) is 42.6 Å². The number of nitrogens with one attached hydrogen (secondary N) is 2. The Hall–Kier alpha value is -2.40. The fraction of sp³-hybridized carbons (Fsp3) is 0.333. The SMILES string of the molecule is Cc1ccc(N2CC(CNCc3c[nH]c4ccccc34)C2)nn1. The summed E-state index contributed by atoms with van der Waals surface area (Å²) in [6, 6.07) is 12.5. The number of fused-ring (bicyclic) bond motifs is 1. The molecule has 0 spiro atoms. The Bertz CT molecular complexity index is 787. The summed E-state index contributed by atoms with van der Waals surface area (Å²) in [7, 11) is 0. The molecule has 3 aromatic rings. The number of hydrogen-bond donors (Lipinski definition) is 2. The molecule has 2 N–H and O–H groups in total. The average Bonchev–Trinajstić information content (AvgIpc) is 2.94. The Morgan fingerprint density at radius 2 is 2.04 bits per heavy atom. The van der Waals surface area contributed by atoms with E-state index in [9.17, 15) is 0 Å². The number of anilines is 1. The van der Waals surface area contributed by atoms with Gasteiger partial charge in [-0.2, -0.15) is 5.10 Å². The Labute approximate surface area is 135 Å². The quantitative estimate of drug-likeness (QED) is 0.760. The number of nitrogens with zero attached hydrogens (tertiary/aromatic N) is 3. The first kappa shape index (κ1) is 14.2. The predicted molar refractivity (Wildman–Crippen MR) is 92.5 cm³/mol. The van der Waals surface area contributed by atoms with Crippen LogP contribution < -0.4 is 10.2 Å². The fourth-order valence-electron chi connectivity index (χ4n) is 3.14. The van der Waals surface area contributed by atoms with E-state index in [1.54, 1.807) is 0 Å². The lowest BCUT2D eigenvalue weighted by atomic mass is 10.00. The van der Waals surface area contributed by atoms with E-state index >= 15 is 0 Å². The van der Waals surface area contributed by atoms with Gasteiger partial charge in [-0.3, -0.25) is 0 Å². The molecule has 1 aromatic carbocycles. The highest BCUT2D eigenvalue weighted by atomic mass is 15.3. The van der Waals surface area contributed by atoms with Gasteiger partial charge in [-0.05, 0) is 30.7 Å². The summed E-state index contributed by atoms with van der Waals surface area (Å²) in [6.07, 6.45) is 2.10. The first-order valence-electron chi connectivity index (χ1n) is 8.10. The van der Waals surface area contributed by atoms with Gasteiger partial charge in [0.15, 0.2) is 5.82 Å². The molecule has 0 amide bonds. The van der Waals surface area contributed by atoms with Crippen LogP contribution in [0, 0.1) is 12.8 Å². The van der Waals surface area contributed by atoms with E-state index in [2.05, 4.69) is 61.9 Å². The Morgan fingerprint density at radius 1 is 1.17 bits per heavy atom. The summed E-state index contributed by atoms with van der Waals surface area (Å²) in [5.41, 5.74) is 3.50. The van der Waals surface area contributed by atoms with Crippen LogP contribution in [0.25, 0.3) is 10.9 Å². The number of benzene rings is 1. The molecule has 1 aliphatic heterocycles. The van der Waals surface area contributed by atoms with E-state index in [0.29, 0.717) is 5.92 Å². The lowest BCUT2D eigenvalue weighted by Gasteiger charge is -2.40. The van der Waals surface area contributed by atoms with Gasteiger partial charge in [0.05, 0.1) is 5.69 Å². The highest BCUT2D eigenvalue weighted by molar-refractivity contribution is 5.82. The second-order valence-electron chi connectivity index (χ2n) is 6.29. The van der Waals surface area contributed by atoms with Gasteiger partial charge >= 0.3 is 0 Å². The van der Waals surface area contributed by atoms with Crippen molar-refractivity contribution in [3.8, 4) is 0 Å². The van der Waals surface area contributed by atoms with Crippen LogP contribution in [-0.2, 0) is 6.54 Å². The van der Waals surface area contributed by atoms with Crippen molar-refractivity contribution in [3.63, 3.8) is 0 Å². The minimum atomic E-state index is 0.684. The molecule has 4 rings (SSSR count). The van der Waals surface area contributed by atoms with Crippen molar-refractivity contribution in [2.75, 3.05) is 24.5 Å². The molecule has 1 aliphatic rings. The number of para-hydroxylation sites is 1. The predicted octanol–water partition coefficient (Wildman–Crippen LogP) is 2.49. The van der Waals surface area contributed by atoms with Crippen molar-refractivity contribution < 1.29 is 0 Å². The van der Waals surface area contributed by atoms with Gasteiger partial charge in [-0.25, -0.2) is 0 Å². The zero-order chi connectivity index (χ0) is 15.6. The van der Waals surface area contributed by atoms with Gasteiger partial charge in [0, 0.05) is 49.2 Å². The van der Waals surface area contributed by atoms with Crippen LogP contribution >= 0.6 is 0 Å². The van der Waals surface area contributed by atoms with Crippen LogP contribution in [0.1, 0.15) is 11.3 Å². The topological polar surface area (TPSA) is 56.8 Å². The van der Waals surface area contributed by atoms with Crippen LogP contribution in [-0.4, -0.2) is 34.8 Å². The third-order valence-corrected chi connectivity index (χ3v) is 4.49. The van der Waals surface area contributed by atoms with Crippen molar-refractivity contribution >= 4 is 16.7 Å². The molecule has 0 saturated carbocycles. The van der Waals surface area contributed by atoms with E-state index in [1.807, 2.05) is 13.0 Å². The molecule has 1 fully saturated rings. The van der Waals surface area contributed by atoms with Crippen molar-refractivity contribution in [2.24, 2.45) is 5.92 Å². The minimum Gasteiger partial charge on any atom is -0.361 e. The molecule has 0 bridgehead atoms. The van der Waals surface area contributed by atoms with Gasteiger partial charge in [0.25, 0.3) is 0 Å². The van der Waals surface area contributed by atoms with Crippen molar-refractivity contribution in [1.82, 2.24) is 20.5 Å². The van der Waals surface area contributed by atoms with Crippen LogP contribution in [0.5, 0.6) is 0 Å². The minimum absolute atomic E-state index is 0.684. The molecule has 0 unspecified atom stereocenters. The molecular weight excluding hydrogens is 286 g/mol. The van der Waals surface area contributed by atoms with E-state index in [4.69, 9.17) is 0 Å². The molecule has 0 radical (unpaired) electrons. The Morgan fingerprint density at radius 3 is 2.87 bits per heavy atom. The zero-order valence-corrected chi connectivity index (χ0v) is 13.3. The number of rotatable bonds is 5. The van der Waals surface area contributed by atoms with E-state index in [0.717, 1.165) is 37.7 Å². The van der Waals surface area contributed by atoms with Crippen LogP contribution in [0.4, 0.5) is 5.82 Å². The smallest absolute Gasteiger partial charge is 0.151 e. The normalized spacial score (nSPS) is 15.1. The summed E-state index contributed by atoms with van der Waals surface area (Å²) in [5.74, 6) is 1.67. The number of aromatic nitrogens is 3. The largest absolute Gasteiger partial charge is 0.361 e. The lowest BCUT2D eigenvalue weighted by Crippen LogP contribution is -2.51. The van der Waals surface area contributed by atoms with Crippen LogP contribution in [0.2, 0.25) is 0 Å². The molecule has 0 aliphatic carbocycles. The molecule has 23 heavy (non-hydrogen) atoms. The van der Waals surface area contributed by atoms with Gasteiger partial charge < -0.3 is 15.2 Å². The molecule has 5 heteroatoms. The third kappa shape index (κ3) is 2.92. The summed E-state index contributed by atoms with van der Waals surface area (Å²) < 4.78 is 0. The molecule has 1 saturated heterocycles. The molecule has 118 valence electrons. The highest BCUT2D eigenvalue weighted by Gasteiger charge is 2.27. The lowest BCUT2D eigenvalue weighted by molar-refractivity contribution is 0.381. The summed E-state index contributed by atoms with van der Waals surface area (Å²) in [6.45, 7) is 6.02. The zero-order valence-electron chi connectivity index (χ0n) is 13.3. The van der Waals surface area contributed by atoms with Crippen molar-refractivity contribution in [1.29, 1.82) is 0 Å². The van der Waals surface area contributed by atoms with Crippen molar-refractivity contribution in [2.45, 2.75) is 13.5 Å². The van der Waals surface area contributed by atoms with E-state index in [1.165, 1.54) is 16.5 Å². The maximum atomic E-state index is 4.24. The van der Waals surface area contributed by atoms with Crippen LogP contribution in [0.3, 0.4) is 0 Å². The molecular formula is C18H21N5. The maximum absolute atomic E-state index is 4.24. The van der Waals surface area contributed by atoms with Gasteiger partial charge in [-0.1, -0.05) is 18.2 Å². The monoisotopic (exact) mass is 307 g/mol. The number of hydrogen-bond acceptors (Lipinski definition) is 4. The highest BCUT2D eigenvalue weighted by Crippen LogP contribution is 2.22. The van der Waals surface area contributed by atoms with E-state index < -0.39 is 0 Å². The number of aromatic amines is 1. The summed E-state index contributed by atoms with van der Waals surface area (Å²) in [5, 5.41) is 13.3. The third-order valence-electron chi connectivity index (χ3n) is 4.49. The molecule has 0 atom stereocenters. The molecule has 3 heterocycles. The maximum Gasteiger partial charge on any atom is 0.151 e. The first-order valence-corrected chi connectivity index (χ1v) is 8.10. The second-order valence-corrected chi connectivity index (χ2v) is 6.29. The van der Waals surface area contributed by atoms with Gasteiger partial charge in [0.2, 0.25) is 0 Å². The van der Waals surface area contributed by atoms with E-state index in [-0.39, 0.29) is 0 Å². The van der Waals surface area contributed by atoms with Gasteiger partial charge in [-0.15, -0.1) is 5.10 Å². The van der Waals surface area contributed by atoms with Gasteiger partial charge in [0.1, 0.15) is 0 Å². The number of aryl methyl sites for hydroxylation is 1. The molecule has 5 nitrogen and oxygen atoms in total. The standard InChI is InChI=1S/C18H21N5/c1-13-6-7-18(22-21-13)23-11-14(12-23)8-19-9-15-10-20-17-5-3-2-4-16(15)17/h2-7,10,14,19-20H,8-9,11-12H2,1H3. The summed E-state index contributed by atoms with van der Waals surface area (Å²) in [4.78, 5) is 5.61. The Kier molecular flexibility index (Phi) is 3.71. The second kappa shape index (κ2) is 6.01. The number of H-pyrrole nitrogens is 1. The Balaban J connectivity index is 1.26.